The molecule has 0 aliphatic carbocycles. The van der Waals surface area contributed by atoms with E-state index < -0.39 is 22.8 Å². The zero-order valence-electron chi connectivity index (χ0n) is 11.4. The molecule has 0 aromatic heterocycles. The third kappa shape index (κ3) is 3.57. The Morgan fingerprint density at radius 3 is 2.29 bits per heavy atom. The molecule has 1 atom stereocenters. The normalized spacial score (nSPS) is 12.4. The Kier molecular flexibility index (Phi) is 5.26. The Morgan fingerprint density at radius 2 is 1.67 bits per heavy atom. The first-order valence-electron chi connectivity index (χ1n) is 6.40. The van der Waals surface area contributed by atoms with Crippen LogP contribution in [-0.4, -0.2) is 13.7 Å². The second kappa shape index (κ2) is 6.96. The van der Waals surface area contributed by atoms with Gasteiger partial charge in [0.05, 0.1) is 12.0 Å². The van der Waals surface area contributed by atoms with Crippen LogP contribution in [0.15, 0.2) is 36.4 Å². The molecule has 0 aliphatic heterocycles. The molecule has 0 aliphatic rings. The summed E-state index contributed by atoms with van der Waals surface area (Å²) in [5.41, 5.74) is 1.58. The number of alkyl halides is 1. The van der Waals surface area contributed by atoms with Crippen molar-refractivity contribution in [3.05, 3.63) is 70.5 Å². The van der Waals surface area contributed by atoms with Crippen LogP contribution in [0.5, 0.6) is 0 Å². The van der Waals surface area contributed by atoms with Crippen LogP contribution >= 0.6 is 11.6 Å². The van der Waals surface area contributed by atoms with E-state index in [1.54, 1.807) is 19.2 Å². The van der Waals surface area contributed by atoms with Crippen molar-refractivity contribution in [2.24, 2.45) is 0 Å². The van der Waals surface area contributed by atoms with Gasteiger partial charge in [-0.2, -0.15) is 0 Å². The molecular weight excluding hydrogens is 301 g/mol. The maximum absolute atomic E-state index is 13.7. The molecule has 0 saturated carbocycles. The van der Waals surface area contributed by atoms with Crippen molar-refractivity contribution in [3.63, 3.8) is 0 Å². The molecule has 0 bridgehead atoms. The second-order valence-electron chi connectivity index (χ2n) is 4.61. The van der Waals surface area contributed by atoms with Gasteiger partial charge in [-0.1, -0.05) is 30.3 Å². The van der Waals surface area contributed by atoms with Gasteiger partial charge in [0.15, 0.2) is 17.5 Å². The van der Waals surface area contributed by atoms with E-state index in [1.807, 2.05) is 12.1 Å². The zero-order chi connectivity index (χ0) is 15.4. The molecular formula is C16H14ClF3O. The molecule has 0 fully saturated rings. The molecule has 0 amide bonds. The van der Waals surface area contributed by atoms with Crippen LogP contribution in [0.3, 0.4) is 0 Å². The Labute approximate surface area is 126 Å². The van der Waals surface area contributed by atoms with Crippen molar-refractivity contribution in [1.82, 2.24) is 0 Å². The molecule has 2 aromatic rings. The van der Waals surface area contributed by atoms with Crippen LogP contribution in [-0.2, 0) is 11.2 Å². The average Bonchev–Trinajstić information content (AvgIpc) is 2.51. The first-order chi connectivity index (χ1) is 10.0. The predicted molar refractivity (Wildman–Crippen MR) is 76.0 cm³/mol. The average molecular weight is 315 g/mol. The smallest absolute Gasteiger partial charge is 0.194 e. The fourth-order valence-corrected chi connectivity index (χ4v) is 2.30. The summed E-state index contributed by atoms with van der Waals surface area (Å²) < 4.78 is 44.9. The zero-order valence-corrected chi connectivity index (χ0v) is 12.1. The lowest BCUT2D eigenvalue weighted by Crippen LogP contribution is -2.02. The van der Waals surface area contributed by atoms with Gasteiger partial charge >= 0.3 is 0 Å². The molecule has 0 radical (unpaired) electrons. The topological polar surface area (TPSA) is 9.23 Å². The molecule has 2 rings (SSSR count). The fraction of sp³-hybridized carbons (Fsp3) is 0.250. The van der Waals surface area contributed by atoms with Crippen LogP contribution in [0.4, 0.5) is 13.2 Å². The maximum atomic E-state index is 13.7. The summed E-state index contributed by atoms with van der Waals surface area (Å²) in [7, 11) is 1.62. The van der Waals surface area contributed by atoms with Gasteiger partial charge in [0, 0.05) is 12.7 Å². The van der Waals surface area contributed by atoms with Crippen LogP contribution in [0.25, 0.3) is 0 Å². The fourth-order valence-electron chi connectivity index (χ4n) is 1.99. The quantitative estimate of drug-likeness (QED) is 0.578. The maximum Gasteiger partial charge on any atom is 0.194 e. The lowest BCUT2D eigenvalue weighted by atomic mass is 10.0. The Bertz CT molecular complexity index is 614. The number of hydrogen-bond donors (Lipinski definition) is 0. The van der Waals surface area contributed by atoms with E-state index in [1.165, 1.54) is 0 Å². The van der Waals surface area contributed by atoms with E-state index >= 15 is 0 Å². The van der Waals surface area contributed by atoms with Crippen LogP contribution in [0.1, 0.15) is 22.1 Å². The van der Waals surface area contributed by atoms with Gasteiger partial charge in [0.2, 0.25) is 0 Å². The van der Waals surface area contributed by atoms with Crippen LogP contribution < -0.4 is 0 Å². The van der Waals surface area contributed by atoms with Crippen molar-refractivity contribution in [2.45, 2.75) is 11.8 Å². The molecule has 1 nitrogen and oxygen atoms in total. The first kappa shape index (κ1) is 15.9. The van der Waals surface area contributed by atoms with Gasteiger partial charge in [-0.05, 0) is 23.6 Å². The third-order valence-electron chi connectivity index (χ3n) is 3.21. The largest absolute Gasteiger partial charge is 0.384 e. The summed E-state index contributed by atoms with van der Waals surface area (Å²) in [6.45, 7) is 0.599. The molecule has 112 valence electrons. The van der Waals surface area contributed by atoms with Crippen molar-refractivity contribution in [1.29, 1.82) is 0 Å². The highest BCUT2D eigenvalue weighted by molar-refractivity contribution is 6.22. The van der Waals surface area contributed by atoms with E-state index in [0.29, 0.717) is 12.2 Å². The SMILES string of the molecule is COCCc1ccc(C(Cl)c2ccc(F)c(F)c2F)cc1. The summed E-state index contributed by atoms with van der Waals surface area (Å²) in [4.78, 5) is 0. The lowest BCUT2D eigenvalue weighted by molar-refractivity contribution is 0.202. The minimum absolute atomic E-state index is 0.0831. The number of benzene rings is 2. The van der Waals surface area contributed by atoms with Gasteiger partial charge in [-0.3, -0.25) is 0 Å². The summed E-state index contributed by atoms with van der Waals surface area (Å²) in [6, 6.07) is 9.20. The van der Waals surface area contributed by atoms with Crippen molar-refractivity contribution in [3.8, 4) is 0 Å². The van der Waals surface area contributed by atoms with Crippen molar-refractivity contribution >= 4 is 11.6 Å². The van der Waals surface area contributed by atoms with Crippen LogP contribution in [0.2, 0.25) is 0 Å². The minimum atomic E-state index is -1.50. The molecule has 0 saturated heterocycles. The number of ether oxygens (including phenoxy) is 1. The van der Waals surface area contributed by atoms with Crippen LogP contribution in [0, 0.1) is 17.5 Å². The van der Waals surface area contributed by atoms with E-state index in [9.17, 15) is 13.2 Å². The van der Waals surface area contributed by atoms with E-state index in [4.69, 9.17) is 16.3 Å². The molecule has 0 N–H and O–H groups in total. The first-order valence-corrected chi connectivity index (χ1v) is 6.83. The number of halogens is 4. The number of hydrogen-bond acceptors (Lipinski definition) is 1. The van der Waals surface area contributed by atoms with Crippen molar-refractivity contribution in [2.75, 3.05) is 13.7 Å². The van der Waals surface area contributed by atoms with Gasteiger partial charge in [-0.15, -0.1) is 11.6 Å². The highest BCUT2D eigenvalue weighted by atomic mass is 35.5. The van der Waals surface area contributed by atoms with E-state index in [-0.39, 0.29) is 5.56 Å². The molecule has 1 unspecified atom stereocenters. The Morgan fingerprint density at radius 1 is 1.00 bits per heavy atom. The van der Waals surface area contributed by atoms with Gasteiger partial charge in [0.25, 0.3) is 0 Å². The number of rotatable bonds is 5. The van der Waals surface area contributed by atoms with Crippen molar-refractivity contribution < 1.29 is 17.9 Å². The highest BCUT2D eigenvalue weighted by Crippen LogP contribution is 2.32. The van der Waals surface area contributed by atoms with E-state index in [2.05, 4.69) is 0 Å². The molecule has 0 spiro atoms. The summed E-state index contributed by atoms with van der Waals surface area (Å²) in [6.07, 6.45) is 0.753. The predicted octanol–water partition coefficient (Wildman–Crippen LogP) is 4.62. The molecule has 2 aromatic carbocycles. The summed E-state index contributed by atoms with van der Waals surface area (Å²) >= 11 is 6.16. The molecule has 21 heavy (non-hydrogen) atoms. The summed E-state index contributed by atoms with van der Waals surface area (Å²) in [5, 5.41) is -0.878. The Balaban J connectivity index is 2.24. The number of methoxy groups -OCH3 is 1. The highest BCUT2D eigenvalue weighted by Gasteiger charge is 2.20. The van der Waals surface area contributed by atoms with E-state index in [0.717, 1.165) is 24.1 Å². The van der Waals surface area contributed by atoms with Gasteiger partial charge < -0.3 is 4.74 Å². The molecule has 5 heteroatoms. The molecule has 0 heterocycles. The minimum Gasteiger partial charge on any atom is -0.384 e. The van der Waals surface area contributed by atoms with Gasteiger partial charge in [-0.25, -0.2) is 13.2 Å². The second-order valence-corrected chi connectivity index (χ2v) is 5.05. The standard InChI is InChI=1S/C16H14ClF3O/c1-21-9-8-10-2-4-11(5-3-10)14(17)12-6-7-13(18)16(20)15(12)19/h2-7,14H,8-9H2,1H3. The Hall–Kier alpha value is -1.52. The monoisotopic (exact) mass is 314 g/mol. The van der Waals surface area contributed by atoms with Gasteiger partial charge in [0.1, 0.15) is 0 Å². The third-order valence-corrected chi connectivity index (χ3v) is 3.69. The lowest BCUT2D eigenvalue weighted by Gasteiger charge is -2.13. The summed E-state index contributed by atoms with van der Waals surface area (Å²) in [5.74, 6) is -3.98.